The average Bonchev–Trinajstić information content (AvgIpc) is 3.07. The summed E-state index contributed by atoms with van der Waals surface area (Å²) in [5.74, 6) is -0.625. The van der Waals surface area contributed by atoms with E-state index in [-0.39, 0.29) is 11.7 Å². The molecule has 2 aromatic heterocycles. The molecule has 0 unspecified atom stereocenters. The quantitative estimate of drug-likeness (QED) is 0.633. The summed E-state index contributed by atoms with van der Waals surface area (Å²) in [7, 11) is 0. The van der Waals surface area contributed by atoms with E-state index >= 15 is 0 Å². The molecule has 1 fully saturated rings. The zero-order valence-corrected chi connectivity index (χ0v) is 15.6. The number of oxazole rings is 1. The standard InChI is InChI=1S/C20H17F3N4O3/c21-20(22,23)13-3-6-24-17(10-13)27-7-4-12(5-8-27)9-18(28)25-14-1-2-15-16(11-14)30-19(29)26-15/h1-3,6,9-11H,4-5,7-8H2,(H,25,28)(H,26,29). The number of carbonyl (C=O) groups excluding carboxylic acids is 1. The summed E-state index contributed by atoms with van der Waals surface area (Å²) in [6.45, 7) is 0.932. The largest absolute Gasteiger partial charge is 0.417 e. The van der Waals surface area contributed by atoms with Gasteiger partial charge in [0.2, 0.25) is 5.91 Å². The number of piperidine rings is 1. The van der Waals surface area contributed by atoms with Gasteiger partial charge in [0, 0.05) is 37.1 Å². The van der Waals surface area contributed by atoms with Gasteiger partial charge in [-0.05, 0) is 37.1 Å². The van der Waals surface area contributed by atoms with E-state index in [1.165, 1.54) is 6.08 Å². The van der Waals surface area contributed by atoms with E-state index in [4.69, 9.17) is 4.42 Å². The average molecular weight is 418 g/mol. The van der Waals surface area contributed by atoms with E-state index in [9.17, 15) is 22.8 Å². The van der Waals surface area contributed by atoms with Gasteiger partial charge in [-0.3, -0.25) is 9.78 Å². The molecular weight excluding hydrogens is 401 g/mol. The number of nitrogens with one attached hydrogen (secondary N) is 2. The number of halogens is 3. The fourth-order valence-corrected chi connectivity index (χ4v) is 3.32. The van der Waals surface area contributed by atoms with Crippen LogP contribution in [-0.4, -0.2) is 29.0 Å². The molecule has 10 heteroatoms. The van der Waals surface area contributed by atoms with Crippen molar-refractivity contribution in [3.05, 3.63) is 64.3 Å². The highest BCUT2D eigenvalue weighted by molar-refractivity contribution is 6.00. The minimum atomic E-state index is -4.41. The number of anilines is 2. The Morgan fingerprint density at radius 3 is 2.70 bits per heavy atom. The van der Waals surface area contributed by atoms with Crippen LogP contribution in [0.25, 0.3) is 11.1 Å². The molecule has 0 atom stereocenters. The SMILES string of the molecule is O=C(C=C1CCN(c2cc(C(F)(F)F)ccn2)CC1)Nc1ccc2[nH]c(=O)oc2c1. The maximum absolute atomic E-state index is 12.9. The molecule has 1 aromatic carbocycles. The molecule has 0 saturated carbocycles. The lowest BCUT2D eigenvalue weighted by atomic mass is 10.0. The first-order valence-corrected chi connectivity index (χ1v) is 9.19. The van der Waals surface area contributed by atoms with Crippen molar-refractivity contribution in [1.29, 1.82) is 0 Å². The van der Waals surface area contributed by atoms with Gasteiger partial charge in [0.15, 0.2) is 5.58 Å². The van der Waals surface area contributed by atoms with Gasteiger partial charge in [0.1, 0.15) is 5.82 Å². The number of benzene rings is 1. The van der Waals surface area contributed by atoms with Crippen molar-refractivity contribution in [3.63, 3.8) is 0 Å². The fraction of sp³-hybridized carbons (Fsp3) is 0.250. The van der Waals surface area contributed by atoms with Gasteiger partial charge in [-0.15, -0.1) is 0 Å². The van der Waals surface area contributed by atoms with E-state index in [1.54, 1.807) is 23.1 Å². The molecule has 1 amide bonds. The lowest BCUT2D eigenvalue weighted by Gasteiger charge is -2.29. The molecule has 0 bridgehead atoms. The molecule has 0 aliphatic carbocycles. The van der Waals surface area contributed by atoms with Gasteiger partial charge in [-0.25, -0.2) is 9.78 Å². The van der Waals surface area contributed by atoms with Crippen LogP contribution in [0.15, 0.2) is 57.4 Å². The highest BCUT2D eigenvalue weighted by Crippen LogP contribution is 2.31. The van der Waals surface area contributed by atoms with Crippen molar-refractivity contribution < 1.29 is 22.4 Å². The Labute approximate surface area is 168 Å². The fourth-order valence-electron chi connectivity index (χ4n) is 3.32. The van der Waals surface area contributed by atoms with Crippen molar-refractivity contribution >= 4 is 28.5 Å². The summed E-state index contributed by atoms with van der Waals surface area (Å²) in [4.78, 5) is 31.8. The van der Waals surface area contributed by atoms with Gasteiger partial charge >= 0.3 is 11.9 Å². The van der Waals surface area contributed by atoms with Crippen LogP contribution in [0, 0.1) is 0 Å². The summed E-state index contributed by atoms with van der Waals surface area (Å²) >= 11 is 0. The van der Waals surface area contributed by atoms with Crippen molar-refractivity contribution in [2.75, 3.05) is 23.3 Å². The van der Waals surface area contributed by atoms with Crippen LogP contribution in [0.2, 0.25) is 0 Å². The molecular formula is C20H17F3N4O3. The summed E-state index contributed by atoms with van der Waals surface area (Å²) in [6, 6.07) is 6.80. The lowest BCUT2D eigenvalue weighted by Crippen LogP contribution is -2.31. The minimum Gasteiger partial charge on any atom is -0.408 e. The molecule has 1 aliphatic rings. The van der Waals surface area contributed by atoms with Gasteiger partial charge in [0.05, 0.1) is 11.1 Å². The molecule has 3 heterocycles. The molecule has 3 aromatic rings. The lowest BCUT2D eigenvalue weighted by molar-refractivity contribution is -0.137. The smallest absolute Gasteiger partial charge is 0.408 e. The number of amides is 1. The number of hydrogen-bond donors (Lipinski definition) is 2. The molecule has 0 radical (unpaired) electrons. The highest BCUT2D eigenvalue weighted by Gasteiger charge is 2.31. The molecule has 30 heavy (non-hydrogen) atoms. The summed E-state index contributed by atoms with van der Waals surface area (Å²) in [5.41, 5.74) is 1.52. The molecule has 1 aliphatic heterocycles. The van der Waals surface area contributed by atoms with Crippen LogP contribution in [0.5, 0.6) is 0 Å². The maximum atomic E-state index is 12.9. The van der Waals surface area contributed by atoms with Crippen LogP contribution in [0.3, 0.4) is 0 Å². The van der Waals surface area contributed by atoms with Crippen LogP contribution >= 0.6 is 0 Å². The van der Waals surface area contributed by atoms with Gasteiger partial charge in [0.25, 0.3) is 0 Å². The highest BCUT2D eigenvalue weighted by atomic mass is 19.4. The number of nitrogens with zero attached hydrogens (tertiary/aromatic N) is 2. The topological polar surface area (TPSA) is 91.2 Å². The molecule has 156 valence electrons. The number of fused-ring (bicyclic) bond motifs is 1. The first-order valence-electron chi connectivity index (χ1n) is 9.19. The number of carbonyl (C=O) groups is 1. The molecule has 0 spiro atoms. The predicted octanol–water partition coefficient (Wildman–Crippen LogP) is 3.70. The zero-order chi connectivity index (χ0) is 21.3. The monoisotopic (exact) mass is 418 g/mol. The number of alkyl halides is 3. The predicted molar refractivity (Wildman–Crippen MR) is 104 cm³/mol. The van der Waals surface area contributed by atoms with Crippen LogP contribution in [0.4, 0.5) is 24.7 Å². The minimum absolute atomic E-state index is 0.273. The van der Waals surface area contributed by atoms with Crippen LogP contribution in [-0.2, 0) is 11.0 Å². The Bertz CT molecular complexity index is 1170. The summed E-state index contributed by atoms with van der Waals surface area (Å²) < 4.78 is 43.6. The Hall–Kier alpha value is -3.56. The third kappa shape index (κ3) is 4.37. The summed E-state index contributed by atoms with van der Waals surface area (Å²) in [5, 5.41) is 2.72. The van der Waals surface area contributed by atoms with Crippen molar-refractivity contribution in [1.82, 2.24) is 9.97 Å². The van der Waals surface area contributed by atoms with Crippen LogP contribution < -0.4 is 16.0 Å². The number of aromatic nitrogens is 2. The van der Waals surface area contributed by atoms with Gasteiger partial charge < -0.3 is 14.6 Å². The van der Waals surface area contributed by atoms with E-state index in [2.05, 4.69) is 15.3 Å². The van der Waals surface area contributed by atoms with E-state index < -0.39 is 17.5 Å². The van der Waals surface area contributed by atoms with Crippen molar-refractivity contribution in [3.8, 4) is 0 Å². The normalized spacial score (nSPS) is 14.8. The molecule has 1 saturated heterocycles. The molecule has 4 rings (SSSR count). The Morgan fingerprint density at radius 2 is 1.97 bits per heavy atom. The number of pyridine rings is 1. The zero-order valence-electron chi connectivity index (χ0n) is 15.6. The van der Waals surface area contributed by atoms with Crippen molar-refractivity contribution in [2.45, 2.75) is 19.0 Å². The third-order valence-electron chi connectivity index (χ3n) is 4.83. The van der Waals surface area contributed by atoms with Gasteiger partial charge in [-0.2, -0.15) is 13.2 Å². The Kier molecular flexibility index (Phi) is 5.06. The molecule has 2 N–H and O–H groups in total. The van der Waals surface area contributed by atoms with E-state index in [0.29, 0.717) is 42.7 Å². The van der Waals surface area contributed by atoms with Crippen LogP contribution in [0.1, 0.15) is 18.4 Å². The second-order valence-corrected chi connectivity index (χ2v) is 6.90. The number of aromatic amines is 1. The third-order valence-corrected chi connectivity index (χ3v) is 4.83. The van der Waals surface area contributed by atoms with Gasteiger partial charge in [-0.1, -0.05) is 5.57 Å². The maximum Gasteiger partial charge on any atom is 0.417 e. The number of hydrogen-bond acceptors (Lipinski definition) is 5. The van der Waals surface area contributed by atoms with E-state index in [0.717, 1.165) is 23.9 Å². The molecule has 7 nitrogen and oxygen atoms in total. The van der Waals surface area contributed by atoms with Crippen molar-refractivity contribution in [2.24, 2.45) is 0 Å². The summed E-state index contributed by atoms with van der Waals surface area (Å²) in [6.07, 6.45) is -0.689. The Morgan fingerprint density at radius 1 is 1.20 bits per heavy atom. The number of H-pyrrole nitrogens is 1. The second kappa shape index (κ2) is 7.69. The Balaban J connectivity index is 1.38. The number of rotatable bonds is 3. The first-order chi connectivity index (χ1) is 14.3. The van der Waals surface area contributed by atoms with E-state index in [1.807, 2.05) is 0 Å². The first kappa shape index (κ1) is 19.7. The second-order valence-electron chi connectivity index (χ2n) is 6.90.